The molecule has 2 atom stereocenters. The van der Waals surface area contributed by atoms with Gasteiger partial charge in [-0.2, -0.15) is 0 Å². The maximum atomic E-state index is 11.9. The van der Waals surface area contributed by atoms with E-state index in [9.17, 15) is 9.59 Å². The van der Waals surface area contributed by atoms with Gasteiger partial charge in [-0.15, -0.1) is 0 Å². The van der Waals surface area contributed by atoms with Crippen LogP contribution in [-0.4, -0.2) is 31.1 Å². The predicted octanol–water partition coefficient (Wildman–Crippen LogP) is 2.33. The standard InChI is InChI=1S/C18H27N3O3/c1-13-16(21-18(23)20-13)6-4-3-5-7-17(22)19-12-14-8-10-15(24-2)11-9-14/h8-11,13,16H,3-7,12H2,1-2H3,(H,19,22)(H2,20,21,23)/t13-,16-/m1/s1. The summed E-state index contributed by atoms with van der Waals surface area (Å²) >= 11 is 0. The minimum absolute atomic E-state index is 0.0783. The molecular formula is C18H27N3O3. The summed E-state index contributed by atoms with van der Waals surface area (Å²) in [6.07, 6.45) is 4.38. The van der Waals surface area contributed by atoms with E-state index in [1.54, 1.807) is 7.11 Å². The maximum Gasteiger partial charge on any atom is 0.315 e. The molecule has 0 unspecified atom stereocenters. The number of rotatable bonds is 9. The molecule has 6 nitrogen and oxygen atoms in total. The van der Waals surface area contributed by atoms with Gasteiger partial charge in [0.15, 0.2) is 0 Å². The van der Waals surface area contributed by atoms with Gasteiger partial charge < -0.3 is 20.7 Å². The zero-order valence-electron chi connectivity index (χ0n) is 14.4. The van der Waals surface area contributed by atoms with E-state index in [2.05, 4.69) is 16.0 Å². The second kappa shape index (κ2) is 9.15. The number of unbranched alkanes of at least 4 members (excludes halogenated alkanes) is 2. The van der Waals surface area contributed by atoms with Crippen LogP contribution >= 0.6 is 0 Å². The normalized spacial score (nSPS) is 19.5. The van der Waals surface area contributed by atoms with E-state index < -0.39 is 0 Å². The molecular weight excluding hydrogens is 306 g/mol. The molecule has 6 heteroatoms. The summed E-state index contributed by atoms with van der Waals surface area (Å²) in [6.45, 7) is 2.55. The lowest BCUT2D eigenvalue weighted by Crippen LogP contribution is -2.30. The highest BCUT2D eigenvalue weighted by atomic mass is 16.5. The van der Waals surface area contributed by atoms with Gasteiger partial charge in [-0.3, -0.25) is 4.79 Å². The Morgan fingerprint density at radius 1 is 1.17 bits per heavy atom. The largest absolute Gasteiger partial charge is 0.497 e. The fourth-order valence-electron chi connectivity index (χ4n) is 2.82. The molecule has 0 spiro atoms. The molecule has 1 saturated heterocycles. The molecule has 1 aliphatic rings. The highest BCUT2D eigenvalue weighted by Crippen LogP contribution is 2.12. The van der Waals surface area contributed by atoms with E-state index in [0.29, 0.717) is 13.0 Å². The average molecular weight is 333 g/mol. The van der Waals surface area contributed by atoms with Gasteiger partial charge >= 0.3 is 6.03 Å². The van der Waals surface area contributed by atoms with Gasteiger partial charge in [-0.1, -0.05) is 25.0 Å². The SMILES string of the molecule is COc1ccc(CNC(=O)CCCCC[C@H]2NC(=O)N[C@@H]2C)cc1. The van der Waals surface area contributed by atoms with Gasteiger partial charge in [0, 0.05) is 19.0 Å². The molecule has 0 saturated carbocycles. The van der Waals surface area contributed by atoms with Crippen LogP contribution in [0.2, 0.25) is 0 Å². The third-order valence-corrected chi connectivity index (χ3v) is 4.35. The van der Waals surface area contributed by atoms with Gasteiger partial charge in [0.25, 0.3) is 0 Å². The van der Waals surface area contributed by atoms with Crippen LogP contribution in [0.1, 0.15) is 44.6 Å². The van der Waals surface area contributed by atoms with Crippen molar-refractivity contribution in [3.8, 4) is 5.75 Å². The number of carbonyl (C=O) groups excluding carboxylic acids is 2. The highest BCUT2D eigenvalue weighted by molar-refractivity contribution is 5.77. The monoisotopic (exact) mass is 333 g/mol. The average Bonchev–Trinajstić information content (AvgIpc) is 2.90. The Balaban J connectivity index is 1.54. The summed E-state index contributed by atoms with van der Waals surface area (Å²) in [6, 6.07) is 7.99. The number of amides is 3. The first-order chi connectivity index (χ1) is 11.6. The summed E-state index contributed by atoms with van der Waals surface area (Å²) in [7, 11) is 1.63. The first-order valence-electron chi connectivity index (χ1n) is 8.55. The number of methoxy groups -OCH3 is 1. The van der Waals surface area contributed by atoms with E-state index in [-0.39, 0.29) is 24.0 Å². The zero-order valence-corrected chi connectivity index (χ0v) is 14.4. The van der Waals surface area contributed by atoms with Crippen molar-refractivity contribution in [1.29, 1.82) is 0 Å². The van der Waals surface area contributed by atoms with Crippen molar-refractivity contribution in [1.82, 2.24) is 16.0 Å². The van der Waals surface area contributed by atoms with Crippen molar-refractivity contribution >= 4 is 11.9 Å². The van der Waals surface area contributed by atoms with Crippen molar-refractivity contribution < 1.29 is 14.3 Å². The smallest absolute Gasteiger partial charge is 0.315 e. The fraction of sp³-hybridized carbons (Fsp3) is 0.556. The molecule has 1 heterocycles. The Bertz CT molecular complexity index is 545. The number of carbonyl (C=O) groups is 2. The lowest BCUT2D eigenvalue weighted by Gasteiger charge is -2.13. The van der Waals surface area contributed by atoms with Crippen LogP contribution in [0.3, 0.4) is 0 Å². The molecule has 3 amide bonds. The van der Waals surface area contributed by atoms with E-state index >= 15 is 0 Å². The second-order valence-electron chi connectivity index (χ2n) is 6.24. The topological polar surface area (TPSA) is 79.5 Å². The number of urea groups is 1. The van der Waals surface area contributed by atoms with Crippen LogP contribution < -0.4 is 20.7 Å². The molecule has 1 aromatic rings. The fourth-order valence-corrected chi connectivity index (χ4v) is 2.82. The number of hydrogen-bond donors (Lipinski definition) is 3. The molecule has 0 radical (unpaired) electrons. The zero-order chi connectivity index (χ0) is 17.4. The predicted molar refractivity (Wildman–Crippen MR) is 92.8 cm³/mol. The van der Waals surface area contributed by atoms with Crippen LogP contribution in [0.5, 0.6) is 5.75 Å². The number of hydrogen-bond acceptors (Lipinski definition) is 3. The summed E-state index contributed by atoms with van der Waals surface area (Å²) in [5, 5.41) is 8.69. The molecule has 24 heavy (non-hydrogen) atoms. The lowest BCUT2D eigenvalue weighted by molar-refractivity contribution is -0.121. The van der Waals surface area contributed by atoms with Crippen LogP contribution in [0.15, 0.2) is 24.3 Å². The summed E-state index contributed by atoms with van der Waals surface area (Å²) in [5.74, 6) is 0.892. The van der Waals surface area contributed by atoms with Crippen LogP contribution in [0.25, 0.3) is 0 Å². The number of benzene rings is 1. The third kappa shape index (κ3) is 5.76. The Morgan fingerprint density at radius 2 is 1.92 bits per heavy atom. The lowest BCUT2D eigenvalue weighted by atomic mass is 10.0. The molecule has 132 valence electrons. The van der Waals surface area contributed by atoms with Crippen molar-refractivity contribution in [2.75, 3.05) is 7.11 Å². The van der Waals surface area contributed by atoms with Crippen LogP contribution in [-0.2, 0) is 11.3 Å². The Kier molecular flexibility index (Phi) is 6.90. The van der Waals surface area contributed by atoms with Crippen LogP contribution in [0, 0.1) is 0 Å². The van der Waals surface area contributed by atoms with Gasteiger partial charge in [-0.05, 0) is 37.5 Å². The van der Waals surface area contributed by atoms with Gasteiger partial charge in [-0.25, -0.2) is 4.79 Å². The van der Waals surface area contributed by atoms with Gasteiger partial charge in [0.05, 0.1) is 13.2 Å². The Hall–Kier alpha value is -2.24. The van der Waals surface area contributed by atoms with E-state index in [0.717, 1.165) is 37.0 Å². The summed E-state index contributed by atoms with van der Waals surface area (Å²) in [5.41, 5.74) is 1.06. The van der Waals surface area contributed by atoms with Crippen molar-refractivity contribution in [3.05, 3.63) is 29.8 Å². The van der Waals surface area contributed by atoms with E-state index in [1.165, 1.54) is 0 Å². The molecule has 1 fully saturated rings. The van der Waals surface area contributed by atoms with Crippen molar-refractivity contribution in [3.63, 3.8) is 0 Å². The molecule has 0 bridgehead atoms. The van der Waals surface area contributed by atoms with Gasteiger partial charge in [0.2, 0.25) is 5.91 Å². The maximum absolute atomic E-state index is 11.9. The first-order valence-corrected chi connectivity index (χ1v) is 8.55. The first kappa shape index (κ1) is 18.1. The summed E-state index contributed by atoms with van der Waals surface area (Å²) in [4.78, 5) is 23.0. The highest BCUT2D eigenvalue weighted by Gasteiger charge is 2.26. The van der Waals surface area contributed by atoms with Crippen molar-refractivity contribution in [2.24, 2.45) is 0 Å². The van der Waals surface area contributed by atoms with Crippen LogP contribution in [0.4, 0.5) is 4.79 Å². The molecule has 1 aliphatic heterocycles. The van der Waals surface area contributed by atoms with E-state index in [1.807, 2.05) is 31.2 Å². The molecule has 3 N–H and O–H groups in total. The second-order valence-corrected chi connectivity index (χ2v) is 6.24. The minimum atomic E-state index is -0.0783. The summed E-state index contributed by atoms with van der Waals surface area (Å²) < 4.78 is 5.11. The van der Waals surface area contributed by atoms with E-state index in [4.69, 9.17) is 4.74 Å². The van der Waals surface area contributed by atoms with Crippen molar-refractivity contribution in [2.45, 2.75) is 57.7 Å². The molecule has 0 aromatic heterocycles. The molecule has 1 aromatic carbocycles. The van der Waals surface area contributed by atoms with Gasteiger partial charge in [0.1, 0.15) is 5.75 Å². The Morgan fingerprint density at radius 3 is 2.54 bits per heavy atom. The Labute approximate surface area is 143 Å². The minimum Gasteiger partial charge on any atom is -0.497 e. The molecule has 0 aliphatic carbocycles. The quantitative estimate of drug-likeness (QED) is 0.607. The molecule has 2 rings (SSSR count). The number of ether oxygens (including phenoxy) is 1. The third-order valence-electron chi connectivity index (χ3n) is 4.35. The number of nitrogens with one attached hydrogen (secondary N) is 3.